The number of hydrogen-bond acceptors (Lipinski definition) is 2. The fourth-order valence-corrected chi connectivity index (χ4v) is 3.04. The molecule has 0 bridgehead atoms. The number of benzene rings is 2. The molecule has 8 heteroatoms. The van der Waals surface area contributed by atoms with Crippen molar-refractivity contribution in [1.29, 1.82) is 0 Å². The van der Waals surface area contributed by atoms with Gasteiger partial charge >= 0.3 is 0 Å². The molecule has 0 spiro atoms. The Bertz CT molecular complexity index is 808. The van der Waals surface area contributed by atoms with Crippen LogP contribution in [0.5, 0.6) is 0 Å². The zero-order valence-corrected chi connectivity index (χ0v) is 12.2. The average Bonchev–Trinajstić information content (AvgIpc) is 2.44. The fourth-order valence-electron chi connectivity index (χ4n) is 1.82. The summed E-state index contributed by atoms with van der Waals surface area (Å²) >= 11 is 0. The minimum atomic E-state index is -4.36. The molecule has 2 aromatic carbocycles. The normalized spacial score (nSPS) is 11.9. The predicted octanol–water partition coefficient (Wildman–Crippen LogP) is 3.06. The Hall–Kier alpha value is -1.93. The Kier molecular flexibility index (Phi) is 4.52. The molecule has 0 amide bonds. The van der Waals surface area contributed by atoms with Crippen molar-refractivity contribution in [3.63, 3.8) is 0 Å². The number of nitrogens with zero attached hydrogens (tertiary/aromatic N) is 1. The van der Waals surface area contributed by atoms with Gasteiger partial charge < -0.3 is 0 Å². The van der Waals surface area contributed by atoms with Crippen LogP contribution in [0.4, 0.5) is 17.6 Å². The maximum Gasteiger partial charge on any atom is 0.246 e. The molecule has 0 aliphatic heterocycles. The zero-order chi connectivity index (χ0) is 16.5. The van der Waals surface area contributed by atoms with Gasteiger partial charge in [0.1, 0.15) is 28.2 Å². The third kappa shape index (κ3) is 3.28. The summed E-state index contributed by atoms with van der Waals surface area (Å²) in [6.45, 7) is -0.454. The van der Waals surface area contributed by atoms with E-state index in [9.17, 15) is 26.0 Å². The van der Waals surface area contributed by atoms with E-state index in [1.54, 1.807) is 0 Å². The molecule has 118 valence electrons. The summed E-state index contributed by atoms with van der Waals surface area (Å²) in [5.74, 6) is -3.76. The van der Waals surface area contributed by atoms with Gasteiger partial charge in [0.2, 0.25) is 10.0 Å². The quantitative estimate of drug-likeness (QED) is 0.807. The van der Waals surface area contributed by atoms with E-state index < -0.39 is 44.7 Å². The smallest absolute Gasteiger partial charge is 0.207 e. The van der Waals surface area contributed by atoms with Crippen molar-refractivity contribution >= 4 is 10.0 Å². The topological polar surface area (TPSA) is 37.4 Å². The molecule has 0 saturated heterocycles. The van der Waals surface area contributed by atoms with Crippen molar-refractivity contribution in [2.24, 2.45) is 0 Å². The van der Waals surface area contributed by atoms with Crippen LogP contribution in [-0.2, 0) is 16.6 Å². The Labute approximate surface area is 124 Å². The summed E-state index contributed by atoms with van der Waals surface area (Å²) in [7, 11) is -3.27. The molecule has 22 heavy (non-hydrogen) atoms. The van der Waals surface area contributed by atoms with Crippen LogP contribution in [0.2, 0.25) is 0 Å². The minimum absolute atomic E-state index is 0.0933. The molecule has 0 saturated carbocycles. The minimum Gasteiger partial charge on any atom is -0.207 e. The van der Waals surface area contributed by atoms with Gasteiger partial charge in [0.05, 0.1) is 0 Å². The molecular formula is C14H11F4NO2S. The Balaban J connectivity index is 2.35. The summed E-state index contributed by atoms with van der Waals surface area (Å²) in [4.78, 5) is -0.850. The van der Waals surface area contributed by atoms with E-state index in [0.717, 1.165) is 25.2 Å². The average molecular weight is 333 g/mol. The van der Waals surface area contributed by atoms with Gasteiger partial charge in [-0.15, -0.1) is 0 Å². The van der Waals surface area contributed by atoms with E-state index in [-0.39, 0.29) is 5.56 Å². The van der Waals surface area contributed by atoms with Crippen molar-refractivity contribution < 1.29 is 26.0 Å². The first-order chi connectivity index (χ1) is 10.2. The van der Waals surface area contributed by atoms with Gasteiger partial charge in [-0.05, 0) is 24.3 Å². The van der Waals surface area contributed by atoms with E-state index >= 15 is 0 Å². The van der Waals surface area contributed by atoms with Crippen LogP contribution in [-0.4, -0.2) is 19.8 Å². The van der Waals surface area contributed by atoms with Crippen molar-refractivity contribution in [1.82, 2.24) is 4.31 Å². The lowest BCUT2D eigenvalue weighted by atomic mass is 10.2. The van der Waals surface area contributed by atoms with E-state index in [0.29, 0.717) is 22.5 Å². The first-order valence-electron chi connectivity index (χ1n) is 6.07. The van der Waals surface area contributed by atoms with E-state index in [2.05, 4.69) is 0 Å². The number of rotatable bonds is 4. The highest BCUT2D eigenvalue weighted by Gasteiger charge is 2.26. The summed E-state index contributed by atoms with van der Waals surface area (Å²) < 4.78 is 78.2. The molecule has 0 atom stereocenters. The summed E-state index contributed by atoms with van der Waals surface area (Å²) in [5, 5.41) is 0. The number of sulfonamides is 1. The lowest BCUT2D eigenvalue weighted by Crippen LogP contribution is -2.27. The van der Waals surface area contributed by atoms with Crippen LogP contribution in [0, 0.1) is 23.3 Å². The summed E-state index contributed by atoms with van der Waals surface area (Å²) in [6, 6.07) is 4.68. The molecule has 2 rings (SSSR count). The highest BCUT2D eigenvalue weighted by atomic mass is 32.2. The van der Waals surface area contributed by atoms with Gasteiger partial charge in [-0.25, -0.2) is 26.0 Å². The third-order valence-electron chi connectivity index (χ3n) is 2.99. The van der Waals surface area contributed by atoms with Gasteiger partial charge in [-0.3, -0.25) is 0 Å². The molecule has 0 aliphatic rings. The van der Waals surface area contributed by atoms with Crippen molar-refractivity contribution in [2.75, 3.05) is 7.05 Å². The predicted molar refractivity (Wildman–Crippen MR) is 71.4 cm³/mol. The maximum atomic E-state index is 13.6. The van der Waals surface area contributed by atoms with Crippen LogP contribution < -0.4 is 0 Å². The molecule has 0 radical (unpaired) electrons. The van der Waals surface area contributed by atoms with Crippen LogP contribution in [0.1, 0.15) is 5.56 Å². The first-order valence-corrected chi connectivity index (χ1v) is 7.51. The van der Waals surface area contributed by atoms with E-state index in [1.807, 2.05) is 0 Å². The Morgan fingerprint density at radius 2 is 1.50 bits per heavy atom. The molecule has 3 nitrogen and oxygen atoms in total. The van der Waals surface area contributed by atoms with Gasteiger partial charge in [0.25, 0.3) is 0 Å². The van der Waals surface area contributed by atoms with Crippen molar-refractivity contribution in [2.45, 2.75) is 11.4 Å². The van der Waals surface area contributed by atoms with Crippen LogP contribution in [0.3, 0.4) is 0 Å². The molecular weight excluding hydrogens is 322 g/mol. The standard InChI is InChI=1S/C14H11F4NO2S/c1-19(8-9-2-3-10(15)6-13(9)18)22(20,21)14-7-11(16)4-5-12(14)17/h2-7H,8H2,1H3. The molecule has 0 fully saturated rings. The van der Waals surface area contributed by atoms with Crippen LogP contribution in [0.25, 0.3) is 0 Å². The summed E-state index contributed by atoms with van der Waals surface area (Å²) in [6.07, 6.45) is 0. The van der Waals surface area contributed by atoms with E-state index in [1.165, 1.54) is 0 Å². The van der Waals surface area contributed by atoms with Gasteiger partial charge in [-0.2, -0.15) is 4.31 Å². The second-order valence-corrected chi connectivity index (χ2v) is 6.58. The maximum absolute atomic E-state index is 13.6. The van der Waals surface area contributed by atoms with Crippen LogP contribution >= 0.6 is 0 Å². The van der Waals surface area contributed by atoms with E-state index in [4.69, 9.17) is 0 Å². The Morgan fingerprint density at radius 1 is 0.909 bits per heavy atom. The SMILES string of the molecule is CN(Cc1ccc(F)cc1F)S(=O)(=O)c1cc(F)ccc1F. The zero-order valence-electron chi connectivity index (χ0n) is 11.4. The lowest BCUT2D eigenvalue weighted by Gasteiger charge is -2.18. The molecule has 0 N–H and O–H groups in total. The molecule has 2 aromatic rings. The number of halogens is 4. The van der Waals surface area contributed by atoms with Crippen LogP contribution in [0.15, 0.2) is 41.3 Å². The van der Waals surface area contributed by atoms with Crippen molar-refractivity contribution in [3.05, 3.63) is 65.2 Å². The van der Waals surface area contributed by atoms with Gasteiger partial charge in [-0.1, -0.05) is 6.07 Å². The summed E-state index contributed by atoms with van der Waals surface area (Å²) in [5.41, 5.74) is -0.0933. The van der Waals surface area contributed by atoms with Gasteiger partial charge in [0, 0.05) is 25.2 Å². The Morgan fingerprint density at radius 3 is 2.14 bits per heavy atom. The molecule has 0 aromatic heterocycles. The molecule has 0 unspecified atom stereocenters. The van der Waals surface area contributed by atoms with Gasteiger partial charge in [0.15, 0.2) is 0 Å². The second-order valence-electron chi connectivity index (χ2n) is 4.57. The number of hydrogen-bond donors (Lipinski definition) is 0. The monoisotopic (exact) mass is 333 g/mol. The van der Waals surface area contributed by atoms with Crippen molar-refractivity contribution in [3.8, 4) is 0 Å². The fraction of sp³-hybridized carbons (Fsp3) is 0.143. The highest BCUT2D eigenvalue weighted by Crippen LogP contribution is 2.22. The lowest BCUT2D eigenvalue weighted by molar-refractivity contribution is 0.448. The first kappa shape index (κ1) is 16.4. The highest BCUT2D eigenvalue weighted by molar-refractivity contribution is 7.89. The molecule has 0 aliphatic carbocycles. The largest absolute Gasteiger partial charge is 0.246 e. The molecule has 0 heterocycles. The third-order valence-corrected chi connectivity index (χ3v) is 4.81. The second kappa shape index (κ2) is 6.05.